The van der Waals surface area contributed by atoms with E-state index in [4.69, 9.17) is 5.11 Å². The topological polar surface area (TPSA) is 57.6 Å². The first-order valence-electron chi connectivity index (χ1n) is 6.57. The minimum atomic E-state index is -0.807. The van der Waals surface area contributed by atoms with Crippen LogP contribution in [0.1, 0.15) is 24.5 Å². The molecule has 19 heavy (non-hydrogen) atoms. The van der Waals surface area contributed by atoms with E-state index in [-0.39, 0.29) is 11.9 Å². The summed E-state index contributed by atoms with van der Waals surface area (Å²) in [6.45, 7) is 4.35. The van der Waals surface area contributed by atoms with Crippen LogP contribution in [0.15, 0.2) is 24.3 Å². The molecule has 1 heterocycles. The second-order valence-corrected chi connectivity index (χ2v) is 5.16. The predicted molar refractivity (Wildman–Crippen MR) is 71.8 cm³/mol. The molecule has 102 valence electrons. The number of nitrogens with zero attached hydrogens (tertiary/aromatic N) is 1. The molecule has 0 spiro atoms. The summed E-state index contributed by atoms with van der Waals surface area (Å²) < 4.78 is 0. The second kappa shape index (κ2) is 5.43. The number of carbonyl (C=O) groups excluding carboxylic acids is 1. The number of aryl methyl sites for hydroxylation is 1. The number of amides is 1. The Hall–Kier alpha value is -1.84. The van der Waals surface area contributed by atoms with Gasteiger partial charge < -0.3 is 10.0 Å². The van der Waals surface area contributed by atoms with Crippen molar-refractivity contribution in [2.24, 2.45) is 5.92 Å². The van der Waals surface area contributed by atoms with Gasteiger partial charge >= 0.3 is 5.97 Å². The number of likely N-dealkylation sites (tertiary alicyclic amines) is 1. The van der Waals surface area contributed by atoms with Gasteiger partial charge in [0.25, 0.3) is 0 Å². The van der Waals surface area contributed by atoms with E-state index in [0.29, 0.717) is 19.4 Å². The third-order valence-electron chi connectivity index (χ3n) is 4.00. The molecule has 1 aliphatic rings. The number of carboxylic acid groups (broad SMARTS) is 1. The van der Waals surface area contributed by atoms with Gasteiger partial charge in [-0.15, -0.1) is 0 Å². The van der Waals surface area contributed by atoms with Crippen molar-refractivity contribution >= 4 is 11.9 Å². The fourth-order valence-electron chi connectivity index (χ4n) is 2.69. The first-order chi connectivity index (χ1) is 9.00. The Morgan fingerprint density at radius 2 is 2.05 bits per heavy atom. The highest BCUT2D eigenvalue weighted by atomic mass is 16.4. The smallest absolute Gasteiger partial charge is 0.308 e. The average Bonchev–Trinajstić information content (AvgIpc) is 2.74. The lowest BCUT2D eigenvalue weighted by Gasteiger charge is -2.23. The third kappa shape index (κ3) is 2.78. The molecule has 4 heteroatoms. The van der Waals surface area contributed by atoms with Gasteiger partial charge in [-0.25, -0.2) is 0 Å². The van der Waals surface area contributed by atoms with Crippen molar-refractivity contribution in [3.63, 3.8) is 0 Å². The summed E-state index contributed by atoms with van der Waals surface area (Å²) in [5.74, 6) is -1.22. The van der Waals surface area contributed by atoms with Crippen LogP contribution in [-0.2, 0) is 16.0 Å². The highest BCUT2D eigenvalue weighted by Crippen LogP contribution is 2.25. The molecule has 4 nitrogen and oxygen atoms in total. The Morgan fingerprint density at radius 1 is 1.37 bits per heavy atom. The van der Waals surface area contributed by atoms with Gasteiger partial charge in [-0.2, -0.15) is 0 Å². The van der Waals surface area contributed by atoms with Crippen LogP contribution in [-0.4, -0.2) is 34.5 Å². The molecule has 1 N–H and O–H groups in total. The molecule has 2 rings (SSSR count). The summed E-state index contributed by atoms with van der Waals surface area (Å²) in [7, 11) is 0. The number of benzene rings is 1. The van der Waals surface area contributed by atoms with E-state index in [1.54, 1.807) is 4.90 Å². The molecule has 1 aromatic rings. The number of rotatable bonds is 3. The molecule has 1 saturated heterocycles. The van der Waals surface area contributed by atoms with Gasteiger partial charge in [0, 0.05) is 12.6 Å². The first kappa shape index (κ1) is 13.6. The summed E-state index contributed by atoms with van der Waals surface area (Å²) >= 11 is 0. The molecule has 2 unspecified atom stereocenters. The SMILES string of the molecule is Cc1ccccc1CC(=O)N1CCC(C(=O)O)C1C. The summed E-state index contributed by atoms with van der Waals surface area (Å²) in [6, 6.07) is 7.58. The van der Waals surface area contributed by atoms with E-state index in [1.807, 2.05) is 38.1 Å². The van der Waals surface area contributed by atoms with Crippen molar-refractivity contribution in [1.29, 1.82) is 0 Å². The number of carbonyl (C=O) groups is 2. The van der Waals surface area contributed by atoms with E-state index in [1.165, 1.54) is 0 Å². The zero-order chi connectivity index (χ0) is 14.0. The Kier molecular flexibility index (Phi) is 3.88. The molecule has 2 atom stereocenters. The summed E-state index contributed by atoms with van der Waals surface area (Å²) in [6.07, 6.45) is 0.902. The van der Waals surface area contributed by atoms with Crippen LogP contribution < -0.4 is 0 Å². The Morgan fingerprint density at radius 3 is 2.63 bits per heavy atom. The highest BCUT2D eigenvalue weighted by Gasteiger charge is 2.37. The van der Waals surface area contributed by atoms with Gasteiger partial charge in [0.2, 0.25) is 5.91 Å². The molecule has 1 aromatic carbocycles. The zero-order valence-corrected chi connectivity index (χ0v) is 11.3. The van der Waals surface area contributed by atoms with Crippen LogP contribution in [0.4, 0.5) is 0 Å². The lowest BCUT2D eigenvalue weighted by atomic mass is 10.0. The van der Waals surface area contributed by atoms with Gasteiger partial charge in [0.15, 0.2) is 0 Å². The van der Waals surface area contributed by atoms with Crippen molar-refractivity contribution in [1.82, 2.24) is 4.90 Å². The molecule has 0 saturated carbocycles. The quantitative estimate of drug-likeness (QED) is 0.903. The van der Waals surface area contributed by atoms with Crippen molar-refractivity contribution < 1.29 is 14.7 Å². The minimum Gasteiger partial charge on any atom is -0.481 e. The van der Waals surface area contributed by atoms with Gasteiger partial charge in [-0.1, -0.05) is 24.3 Å². The molecule has 0 aromatic heterocycles. The second-order valence-electron chi connectivity index (χ2n) is 5.16. The maximum atomic E-state index is 12.3. The summed E-state index contributed by atoms with van der Waals surface area (Å²) in [4.78, 5) is 25.0. The van der Waals surface area contributed by atoms with Gasteiger partial charge in [-0.05, 0) is 31.4 Å². The molecule has 0 radical (unpaired) electrons. The van der Waals surface area contributed by atoms with Crippen LogP contribution >= 0.6 is 0 Å². The average molecular weight is 261 g/mol. The van der Waals surface area contributed by atoms with Gasteiger partial charge in [0.05, 0.1) is 12.3 Å². The van der Waals surface area contributed by atoms with Crippen LogP contribution in [0.3, 0.4) is 0 Å². The van der Waals surface area contributed by atoms with Crippen molar-refractivity contribution in [3.05, 3.63) is 35.4 Å². The molecular weight excluding hydrogens is 242 g/mol. The minimum absolute atomic E-state index is 0.0190. The van der Waals surface area contributed by atoms with Crippen molar-refractivity contribution in [3.8, 4) is 0 Å². The maximum absolute atomic E-state index is 12.3. The molecule has 1 fully saturated rings. The van der Waals surface area contributed by atoms with Gasteiger partial charge in [-0.3, -0.25) is 9.59 Å². The molecule has 0 aliphatic carbocycles. The van der Waals surface area contributed by atoms with E-state index in [0.717, 1.165) is 11.1 Å². The van der Waals surface area contributed by atoms with Crippen LogP contribution in [0, 0.1) is 12.8 Å². The lowest BCUT2D eigenvalue weighted by Crippen LogP contribution is -2.38. The van der Waals surface area contributed by atoms with E-state index < -0.39 is 11.9 Å². The lowest BCUT2D eigenvalue weighted by molar-refractivity contribution is -0.143. The number of carboxylic acids is 1. The molecule has 1 aliphatic heterocycles. The normalized spacial score (nSPS) is 22.5. The Bertz CT molecular complexity index is 498. The Labute approximate surface area is 113 Å². The van der Waals surface area contributed by atoms with Gasteiger partial charge in [0.1, 0.15) is 0 Å². The molecule has 0 bridgehead atoms. The Balaban J connectivity index is 2.06. The van der Waals surface area contributed by atoms with Crippen LogP contribution in [0.5, 0.6) is 0 Å². The van der Waals surface area contributed by atoms with E-state index in [9.17, 15) is 9.59 Å². The fourth-order valence-corrected chi connectivity index (χ4v) is 2.69. The largest absolute Gasteiger partial charge is 0.481 e. The first-order valence-corrected chi connectivity index (χ1v) is 6.57. The van der Waals surface area contributed by atoms with Crippen LogP contribution in [0.25, 0.3) is 0 Å². The standard InChI is InChI=1S/C15H19NO3/c1-10-5-3-4-6-12(10)9-14(17)16-8-7-13(11(16)2)15(18)19/h3-6,11,13H,7-9H2,1-2H3,(H,18,19). The molecule has 1 amide bonds. The van der Waals surface area contributed by atoms with E-state index >= 15 is 0 Å². The van der Waals surface area contributed by atoms with Crippen molar-refractivity contribution in [2.45, 2.75) is 32.7 Å². The zero-order valence-electron chi connectivity index (χ0n) is 11.3. The molecular formula is C15H19NO3. The highest BCUT2D eigenvalue weighted by molar-refractivity contribution is 5.81. The third-order valence-corrected chi connectivity index (χ3v) is 4.00. The summed E-state index contributed by atoms with van der Waals surface area (Å²) in [5, 5.41) is 9.08. The van der Waals surface area contributed by atoms with Crippen LogP contribution in [0.2, 0.25) is 0 Å². The number of aliphatic carboxylic acids is 1. The maximum Gasteiger partial charge on any atom is 0.308 e. The monoisotopic (exact) mass is 261 g/mol. The summed E-state index contributed by atoms with van der Waals surface area (Å²) in [5.41, 5.74) is 2.11. The fraction of sp³-hybridized carbons (Fsp3) is 0.467. The number of hydrogen-bond acceptors (Lipinski definition) is 2. The predicted octanol–water partition coefficient (Wildman–Crippen LogP) is 1.86. The van der Waals surface area contributed by atoms with Crippen molar-refractivity contribution in [2.75, 3.05) is 6.54 Å². The number of hydrogen-bond donors (Lipinski definition) is 1. The van der Waals surface area contributed by atoms with E-state index in [2.05, 4.69) is 0 Å².